The summed E-state index contributed by atoms with van der Waals surface area (Å²) in [6.45, 7) is 2.38. The van der Waals surface area contributed by atoms with Crippen LogP contribution >= 0.6 is 0 Å². The third kappa shape index (κ3) is 4.42. The van der Waals surface area contributed by atoms with Crippen molar-refractivity contribution in [1.82, 2.24) is 4.90 Å². The van der Waals surface area contributed by atoms with Gasteiger partial charge in [0, 0.05) is 31.4 Å². The number of hydrogen-bond acceptors (Lipinski definition) is 4. The molecule has 140 valence electrons. The first kappa shape index (κ1) is 18.8. The van der Waals surface area contributed by atoms with Gasteiger partial charge in [-0.2, -0.15) is 0 Å². The Bertz CT molecular complexity index is 831. The fraction of sp³-hybridized carbons (Fsp3) is 0.318. The molecule has 0 saturated carbocycles. The van der Waals surface area contributed by atoms with E-state index in [4.69, 9.17) is 4.74 Å². The SMILES string of the molecule is CCOC(=O)C1Cc2ccccc2CN1C(=O)CCC(=O)c1ccccc1. The molecular weight excluding hydrogens is 342 g/mol. The highest BCUT2D eigenvalue weighted by Gasteiger charge is 2.35. The van der Waals surface area contributed by atoms with Crippen molar-refractivity contribution in [3.63, 3.8) is 0 Å². The number of amides is 1. The Morgan fingerprint density at radius 1 is 0.963 bits per heavy atom. The fourth-order valence-corrected chi connectivity index (χ4v) is 3.37. The summed E-state index contributed by atoms with van der Waals surface area (Å²) in [6, 6.07) is 16.1. The van der Waals surface area contributed by atoms with Crippen LogP contribution in [0.3, 0.4) is 0 Å². The van der Waals surface area contributed by atoms with E-state index in [1.165, 1.54) is 0 Å². The summed E-state index contributed by atoms with van der Waals surface area (Å²) in [5.41, 5.74) is 2.68. The number of esters is 1. The van der Waals surface area contributed by atoms with Gasteiger partial charge in [0.2, 0.25) is 5.91 Å². The Hall–Kier alpha value is -2.95. The van der Waals surface area contributed by atoms with E-state index < -0.39 is 12.0 Å². The third-order valence-corrected chi connectivity index (χ3v) is 4.79. The molecule has 0 aromatic heterocycles. The number of ketones is 1. The van der Waals surface area contributed by atoms with Gasteiger partial charge in [-0.25, -0.2) is 4.79 Å². The highest BCUT2D eigenvalue weighted by atomic mass is 16.5. The molecule has 3 rings (SSSR count). The maximum absolute atomic E-state index is 12.8. The lowest BCUT2D eigenvalue weighted by Gasteiger charge is -2.35. The van der Waals surface area contributed by atoms with Crippen LogP contribution in [0.15, 0.2) is 54.6 Å². The Balaban J connectivity index is 1.72. The van der Waals surface area contributed by atoms with Crippen molar-refractivity contribution in [2.24, 2.45) is 0 Å². The Morgan fingerprint density at radius 2 is 1.63 bits per heavy atom. The quantitative estimate of drug-likeness (QED) is 0.583. The van der Waals surface area contributed by atoms with E-state index in [-0.39, 0.29) is 31.1 Å². The second-order valence-electron chi connectivity index (χ2n) is 6.55. The molecule has 0 fully saturated rings. The Morgan fingerprint density at radius 3 is 2.33 bits per heavy atom. The summed E-state index contributed by atoms with van der Waals surface area (Å²) >= 11 is 0. The van der Waals surface area contributed by atoms with E-state index in [2.05, 4.69) is 0 Å². The number of carbonyl (C=O) groups is 3. The van der Waals surface area contributed by atoms with Gasteiger partial charge in [-0.1, -0.05) is 54.6 Å². The zero-order chi connectivity index (χ0) is 19.2. The summed E-state index contributed by atoms with van der Waals surface area (Å²) < 4.78 is 5.17. The van der Waals surface area contributed by atoms with Crippen LogP contribution in [0.2, 0.25) is 0 Å². The first-order valence-electron chi connectivity index (χ1n) is 9.21. The van der Waals surface area contributed by atoms with Crippen LogP contribution in [-0.4, -0.2) is 35.2 Å². The van der Waals surface area contributed by atoms with Crippen LogP contribution in [-0.2, 0) is 27.3 Å². The smallest absolute Gasteiger partial charge is 0.329 e. The topological polar surface area (TPSA) is 63.7 Å². The van der Waals surface area contributed by atoms with Crippen molar-refractivity contribution >= 4 is 17.7 Å². The fourth-order valence-electron chi connectivity index (χ4n) is 3.37. The minimum absolute atomic E-state index is 0.0750. The molecular formula is C22H23NO4. The van der Waals surface area contributed by atoms with Crippen molar-refractivity contribution in [2.75, 3.05) is 6.61 Å². The first-order valence-corrected chi connectivity index (χ1v) is 9.21. The summed E-state index contributed by atoms with van der Waals surface area (Å²) in [4.78, 5) is 39.1. The van der Waals surface area contributed by atoms with Crippen LogP contribution in [0, 0.1) is 0 Å². The number of nitrogens with zero attached hydrogens (tertiary/aromatic N) is 1. The summed E-state index contributed by atoms with van der Waals surface area (Å²) in [5.74, 6) is -0.671. The van der Waals surface area contributed by atoms with E-state index in [0.717, 1.165) is 11.1 Å². The average molecular weight is 365 g/mol. The van der Waals surface area contributed by atoms with Gasteiger partial charge in [-0.05, 0) is 18.1 Å². The van der Waals surface area contributed by atoms with Gasteiger partial charge < -0.3 is 9.64 Å². The van der Waals surface area contributed by atoms with Crippen molar-refractivity contribution in [2.45, 2.75) is 38.8 Å². The molecule has 1 unspecified atom stereocenters. The van der Waals surface area contributed by atoms with Crippen molar-refractivity contribution < 1.29 is 19.1 Å². The second-order valence-corrected chi connectivity index (χ2v) is 6.55. The predicted molar refractivity (Wildman–Crippen MR) is 101 cm³/mol. The van der Waals surface area contributed by atoms with Crippen LogP contribution in [0.5, 0.6) is 0 Å². The van der Waals surface area contributed by atoms with Gasteiger partial charge in [0.15, 0.2) is 5.78 Å². The molecule has 2 aromatic rings. The van der Waals surface area contributed by atoms with Crippen LogP contribution in [0.4, 0.5) is 0 Å². The lowest BCUT2D eigenvalue weighted by atomic mass is 9.93. The number of benzene rings is 2. The number of carbonyl (C=O) groups excluding carboxylic acids is 3. The number of Topliss-reactive ketones (excluding diaryl/α,β-unsaturated/α-hetero) is 1. The van der Waals surface area contributed by atoms with Crippen molar-refractivity contribution in [1.29, 1.82) is 0 Å². The minimum Gasteiger partial charge on any atom is -0.464 e. The van der Waals surface area contributed by atoms with Crippen molar-refractivity contribution in [3.05, 3.63) is 71.3 Å². The molecule has 27 heavy (non-hydrogen) atoms. The number of rotatable bonds is 6. The average Bonchev–Trinajstić information content (AvgIpc) is 2.71. The molecule has 0 spiro atoms. The minimum atomic E-state index is -0.640. The molecule has 5 heteroatoms. The van der Waals surface area contributed by atoms with E-state index in [9.17, 15) is 14.4 Å². The summed E-state index contributed by atoms with van der Waals surface area (Å²) in [6.07, 6.45) is 0.635. The monoisotopic (exact) mass is 365 g/mol. The normalized spacial score (nSPS) is 15.7. The van der Waals surface area contributed by atoms with E-state index in [0.29, 0.717) is 18.5 Å². The van der Waals surface area contributed by atoms with Gasteiger partial charge in [0.1, 0.15) is 6.04 Å². The van der Waals surface area contributed by atoms with Gasteiger partial charge in [-0.3, -0.25) is 9.59 Å². The molecule has 1 atom stereocenters. The molecule has 1 aliphatic rings. The molecule has 0 N–H and O–H groups in total. The zero-order valence-electron chi connectivity index (χ0n) is 15.4. The number of hydrogen-bond donors (Lipinski definition) is 0. The highest BCUT2D eigenvalue weighted by molar-refractivity contribution is 5.98. The van der Waals surface area contributed by atoms with E-state index >= 15 is 0 Å². The lowest BCUT2D eigenvalue weighted by Crippen LogP contribution is -2.49. The van der Waals surface area contributed by atoms with Crippen LogP contribution in [0.1, 0.15) is 41.3 Å². The largest absolute Gasteiger partial charge is 0.464 e. The molecule has 1 heterocycles. The maximum atomic E-state index is 12.8. The van der Waals surface area contributed by atoms with Gasteiger partial charge in [0.25, 0.3) is 0 Å². The number of ether oxygens (including phenoxy) is 1. The molecule has 5 nitrogen and oxygen atoms in total. The Kier molecular flexibility index (Phi) is 6.01. The molecule has 1 amide bonds. The van der Waals surface area contributed by atoms with Gasteiger partial charge in [0.05, 0.1) is 6.61 Å². The zero-order valence-corrected chi connectivity index (χ0v) is 15.4. The van der Waals surface area contributed by atoms with Crippen LogP contribution < -0.4 is 0 Å². The number of fused-ring (bicyclic) bond motifs is 1. The molecule has 0 bridgehead atoms. The van der Waals surface area contributed by atoms with E-state index in [1.807, 2.05) is 30.3 Å². The standard InChI is InChI=1S/C22H23NO4/c1-2-27-22(26)19-14-17-10-6-7-11-18(17)15-23(19)21(25)13-12-20(24)16-8-4-3-5-9-16/h3-11,19H,2,12-15H2,1H3. The molecule has 0 aliphatic carbocycles. The van der Waals surface area contributed by atoms with E-state index in [1.54, 1.807) is 36.1 Å². The molecule has 1 aliphatic heterocycles. The lowest BCUT2D eigenvalue weighted by molar-refractivity contribution is -0.156. The van der Waals surface area contributed by atoms with Gasteiger partial charge in [-0.15, -0.1) is 0 Å². The Labute approximate surface area is 158 Å². The maximum Gasteiger partial charge on any atom is 0.329 e. The summed E-state index contributed by atoms with van der Waals surface area (Å²) in [5, 5.41) is 0. The molecule has 2 aromatic carbocycles. The molecule has 0 radical (unpaired) electrons. The van der Waals surface area contributed by atoms with Gasteiger partial charge >= 0.3 is 5.97 Å². The highest BCUT2D eigenvalue weighted by Crippen LogP contribution is 2.25. The second kappa shape index (κ2) is 8.62. The third-order valence-electron chi connectivity index (χ3n) is 4.79. The predicted octanol–water partition coefficient (Wildman–Crippen LogP) is 3.17. The first-order chi connectivity index (χ1) is 13.1. The summed E-state index contributed by atoms with van der Waals surface area (Å²) in [7, 11) is 0. The van der Waals surface area contributed by atoms with Crippen LogP contribution in [0.25, 0.3) is 0 Å². The van der Waals surface area contributed by atoms with Crippen molar-refractivity contribution in [3.8, 4) is 0 Å². The molecule has 0 saturated heterocycles.